The zero-order valence-electron chi connectivity index (χ0n) is 12.0. The zero-order valence-corrected chi connectivity index (χ0v) is 13.5. The van der Waals surface area contributed by atoms with Crippen molar-refractivity contribution in [3.63, 3.8) is 0 Å². The fourth-order valence-corrected chi connectivity index (χ4v) is 2.13. The Labute approximate surface area is 123 Å². The molecule has 1 aromatic rings. The maximum atomic E-state index is 11.9. The largest absolute Gasteiger partial charge is 0.327 e. The molecule has 3 N–H and O–H groups in total. The van der Waals surface area contributed by atoms with Crippen molar-refractivity contribution in [1.82, 2.24) is 4.98 Å². The lowest BCUT2D eigenvalue weighted by Crippen LogP contribution is -2.31. The van der Waals surface area contributed by atoms with E-state index in [1.807, 2.05) is 13.0 Å². The summed E-state index contributed by atoms with van der Waals surface area (Å²) < 4.78 is 0.926. The monoisotopic (exact) mass is 327 g/mol. The van der Waals surface area contributed by atoms with Gasteiger partial charge in [0.15, 0.2) is 0 Å². The van der Waals surface area contributed by atoms with Crippen molar-refractivity contribution in [1.29, 1.82) is 0 Å². The van der Waals surface area contributed by atoms with Crippen molar-refractivity contribution < 1.29 is 4.79 Å². The summed E-state index contributed by atoms with van der Waals surface area (Å²) in [5.41, 5.74) is 6.96. The number of hydrogen-bond acceptors (Lipinski definition) is 3. The number of halogens is 1. The van der Waals surface area contributed by atoms with E-state index >= 15 is 0 Å². The normalized spacial score (nSPS) is 13.2. The van der Waals surface area contributed by atoms with Gasteiger partial charge in [0.1, 0.15) is 5.82 Å². The molecule has 0 aromatic carbocycles. The second kappa shape index (κ2) is 6.48. The van der Waals surface area contributed by atoms with Crippen molar-refractivity contribution in [3.05, 3.63) is 22.3 Å². The minimum Gasteiger partial charge on any atom is -0.327 e. The third-order valence-corrected chi connectivity index (χ3v) is 3.45. The minimum absolute atomic E-state index is 0.0917. The molecule has 0 radical (unpaired) electrons. The highest BCUT2D eigenvalue weighted by atomic mass is 79.9. The van der Waals surface area contributed by atoms with Crippen LogP contribution in [0.4, 0.5) is 5.82 Å². The van der Waals surface area contributed by atoms with Crippen molar-refractivity contribution in [2.75, 3.05) is 5.32 Å². The Kier molecular flexibility index (Phi) is 5.50. The predicted molar refractivity (Wildman–Crippen MR) is 82.0 cm³/mol. The van der Waals surface area contributed by atoms with Gasteiger partial charge in [-0.2, -0.15) is 0 Å². The van der Waals surface area contributed by atoms with Gasteiger partial charge >= 0.3 is 0 Å². The van der Waals surface area contributed by atoms with Crippen LogP contribution in [0.15, 0.2) is 16.6 Å². The van der Waals surface area contributed by atoms with Crippen LogP contribution in [0.5, 0.6) is 0 Å². The summed E-state index contributed by atoms with van der Waals surface area (Å²) >= 11 is 3.37. The topological polar surface area (TPSA) is 68.0 Å². The number of anilines is 1. The van der Waals surface area contributed by atoms with Crippen LogP contribution in [-0.4, -0.2) is 16.9 Å². The summed E-state index contributed by atoms with van der Waals surface area (Å²) in [7, 11) is 0. The summed E-state index contributed by atoms with van der Waals surface area (Å²) in [5, 5.41) is 2.78. The van der Waals surface area contributed by atoms with Gasteiger partial charge in [-0.25, -0.2) is 4.98 Å². The molecule has 1 amide bonds. The Hall–Kier alpha value is -0.940. The van der Waals surface area contributed by atoms with E-state index in [0.29, 0.717) is 12.2 Å². The van der Waals surface area contributed by atoms with Gasteiger partial charge in [-0.3, -0.25) is 4.79 Å². The van der Waals surface area contributed by atoms with Crippen molar-refractivity contribution in [2.45, 2.75) is 46.6 Å². The van der Waals surface area contributed by atoms with Crippen molar-refractivity contribution in [2.24, 2.45) is 11.1 Å². The quantitative estimate of drug-likeness (QED) is 0.891. The molecule has 5 heteroatoms. The Morgan fingerprint density at radius 2 is 2.11 bits per heavy atom. The number of nitrogens with one attached hydrogen (secondary N) is 1. The lowest BCUT2D eigenvalue weighted by Gasteiger charge is -2.22. The average molecular weight is 328 g/mol. The molecule has 1 unspecified atom stereocenters. The second-order valence-electron chi connectivity index (χ2n) is 6.04. The molecule has 19 heavy (non-hydrogen) atoms. The van der Waals surface area contributed by atoms with Crippen LogP contribution in [0.2, 0.25) is 0 Å². The highest BCUT2D eigenvalue weighted by Gasteiger charge is 2.18. The van der Waals surface area contributed by atoms with Crippen LogP contribution in [-0.2, 0) is 4.79 Å². The van der Waals surface area contributed by atoms with Crippen LogP contribution in [0.3, 0.4) is 0 Å². The van der Waals surface area contributed by atoms with Gasteiger partial charge in [0, 0.05) is 16.9 Å². The van der Waals surface area contributed by atoms with Gasteiger partial charge in [0.2, 0.25) is 5.91 Å². The van der Waals surface area contributed by atoms with Crippen molar-refractivity contribution >= 4 is 27.7 Å². The van der Waals surface area contributed by atoms with Gasteiger partial charge in [0.05, 0.1) is 5.69 Å². The smallest absolute Gasteiger partial charge is 0.227 e. The molecule has 1 aromatic heterocycles. The van der Waals surface area contributed by atoms with E-state index in [9.17, 15) is 4.79 Å². The molecule has 0 saturated heterocycles. The van der Waals surface area contributed by atoms with Gasteiger partial charge in [-0.1, -0.05) is 20.8 Å². The van der Waals surface area contributed by atoms with Crippen LogP contribution in [0, 0.1) is 12.3 Å². The first-order chi connectivity index (χ1) is 8.67. The maximum Gasteiger partial charge on any atom is 0.227 e. The minimum atomic E-state index is -0.128. The van der Waals surface area contributed by atoms with Gasteiger partial charge < -0.3 is 11.1 Å². The van der Waals surface area contributed by atoms with E-state index in [4.69, 9.17) is 5.73 Å². The lowest BCUT2D eigenvalue weighted by atomic mass is 9.87. The van der Waals surface area contributed by atoms with Crippen LogP contribution >= 0.6 is 15.9 Å². The number of rotatable bonds is 4. The molecule has 0 aliphatic carbocycles. The average Bonchev–Trinajstić information content (AvgIpc) is 2.20. The van der Waals surface area contributed by atoms with Gasteiger partial charge in [0.25, 0.3) is 0 Å². The van der Waals surface area contributed by atoms with E-state index in [1.165, 1.54) is 0 Å². The summed E-state index contributed by atoms with van der Waals surface area (Å²) in [5.74, 6) is 0.472. The molecule has 0 aliphatic heterocycles. The maximum absolute atomic E-state index is 11.9. The Morgan fingerprint density at radius 3 is 2.63 bits per heavy atom. The van der Waals surface area contributed by atoms with Crippen LogP contribution < -0.4 is 11.1 Å². The van der Waals surface area contributed by atoms with E-state index in [2.05, 4.69) is 47.0 Å². The fourth-order valence-electron chi connectivity index (χ4n) is 1.90. The number of nitrogens with two attached hydrogens (primary N) is 1. The Morgan fingerprint density at radius 1 is 1.47 bits per heavy atom. The SMILES string of the molecule is Cc1nc(NC(=O)CC(N)CC(C)(C)C)ccc1Br. The molecule has 106 valence electrons. The first-order valence-electron chi connectivity index (χ1n) is 6.36. The predicted octanol–water partition coefficient (Wildman–Crippen LogP) is 3.24. The highest BCUT2D eigenvalue weighted by Crippen LogP contribution is 2.21. The number of nitrogens with zero attached hydrogens (tertiary/aromatic N) is 1. The van der Waals surface area contributed by atoms with E-state index in [1.54, 1.807) is 6.07 Å². The number of carbonyl (C=O) groups is 1. The summed E-state index contributed by atoms with van der Waals surface area (Å²) in [4.78, 5) is 16.1. The molecule has 4 nitrogen and oxygen atoms in total. The second-order valence-corrected chi connectivity index (χ2v) is 6.90. The first-order valence-corrected chi connectivity index (χ1v) is 7.15. The van der Waals surface area contributed by atoms with Crippen molar-refractivity contribution in [3.8, 4) is 0 Å². The molecule has 1 atom stereocenters. The fraction of sp³-hybridized carbons (Fsp3) is 0.571. The van der Waals surface area contributed by atoms with Crippen LogP contribution in [0.25, 0.3) is 0 Å². The number of pyridine rings is 1. The molecular weight excluding hydrogens is 306 g/mol. The highest BCUT2D eigenvalue weighted by molar-refractivity contribution is 9.10. The van der Waals surface area contributed by atoms with Gasteiger partial charge in [-0.05, 0) is 46.8 Å². The molecular formula is C14H22BrN3O. The van der Waals surface area contributed by atoms with E-state index in [-0.39, 0.29) is 17.4 Å². The molecule has 0 fully saturated rings. The third-order valence-electron chi connectivity index (χ3n) is 2.61. The molecule has 0 aliphatic rings. The van der Waals surface area contributed by atoms with E-state index < -0.39 is 0 Å². The number of amides is 1. The van der Waals surface area contributed by atoms with Crippen LogP contribution in [0.1, 0.15) is 39.3 Å². The standard InChI is InChI=1S/C14H22BrN3O/c1-9-11(15)5-6-12(17-9)18-13(19)7-10(16)8-14(2,3)4/h5-6,10H,7-8,16H2,1-4H3,(H,17,18,19). The molecule has 0 spiro atoms. The Balaban J connectivity index is 2.53. The molecule has 0 bridgehead atoms. The first kappa shape index (κ1) is 16.1. The summed E-state index contributed by atoms with van der Waals surface area (Å²) in [6.07, 6.45) is 1.13. The van der Waals surface area contributed by atoms with Gasteiger partial charge in [-0.15, -0.1) is 0 Å². The summed E-state index contributed by atoms with van der Waals surface area (Å²) in [6.45, 7) is 8.23. The molecule has 1 rings (SSSR count). The number of aromatic nitrogens is 1. The number of aryl methyl sites for hydroxylation is 1. The number of carbonyl (C=O) groups excluding carboxylic acids is 1. The lowest BCUT2D eigenvalue weighted by molar-refractivity contribution is -0.116. The van der Waals surface area contributed by atoms with E-state index in [0.717, 1.165) is 16.6 Å². The zero-order chi connectivity index (χ0) is 14.6. The molecule has 0 saturated carbocycles. The number of hydrogen-bond donors (Lipinski definition) is 2. The molecule has 1 heterocycles. The summed E-state index contributed by atoms with van der Waals surface area (Å²) in [6, 6.07) is 3.51. The Bertz CT molecular complexity index is 454. The third kappa shape index (κ3) is 6.16.